The second kappa shape index (κ2) is 8.87. The van der Waals surface area contributed by atoms with Gasteiger partial charge in [0.1, 0.15) is 0 Å². The molecule has 5 heteroatoms. The van der Waals surface area contributed by atoms with Crippen molar-refractivity contribution < 1.29 is 14.3 Å². The Morgan fingerprint density at radius 1 is 1.04 bits per heavy atom. The molecular weight excluding hydrogens is 316 g/mol. The molecule has 0 radical (unpaired) electrons. The molecule has 2 rings (SSSR count). The van der Waals surface area contributed by atoms with E-state index in [-0.39, 0.29) is 12.5 Å². The van der Waals surface area contributed by atoms with Gasteiger partial charge in [0.25, 0.3) is 0 Å². The molecule has 0 heterocycles. The van der Waals surface area contributed by atoms with Crippen LogP contribution in [0.2, 0.25) is 0 Å². The first kappa shape index (κ1) is 18.5. The minimum atomic E-state index is -0.407. The summed E-state index contributed by atoms with van der Waals surface area (Å²) < 4.78 is 5.02. The summed E-state index contributed by atoms with van der Waals surface area (Å²) in [6, 6.07) is 14.8. The number of esters is 1. The Morgan fingerprint density at radius 2 is 1.72 bits per heavy atom. The number of carbonyl (C=O) groups excluding carboxylic acids is 2. The van der Waals surface area contributed by atoms with Gasteiger partial charge in [-0.25, -0.2) is 4.79 Å². The van der Waals surface area contributed by atoms with E-state index in [4.69, 9.17) is 4.74 Å². The highest BCUT2D eigenvalue weighted by atomic mass is 16.5. The van der Waals surface area contributed by atoms with Crippen molar-refractivity contribution in [2.45, 2.75) is 26.7 Å². The molecule has 0 saturated carbocycles. The molecule has 2 aromatic carbocycles. The van der Waals surface area contributed by atoms with Crippen LogP contribution >= 0.6 is 0 Å². The zero-order valence-corrected chi connectivity index (χ0v) is 14.8. The number of nitrogens with one attached hydrogen (secondary N) is 2. The van der Waals surface area contributed by atoms with Crippen molar-refractivity contribution in [2.24, 2.45) is 0 Å². The number of benzene rings is 2. The lowest BCUT2D eigenvalue weighted by atomic mass is 10.0. The summed E-state index contributed by atoms with van der Waals surface area (Å²) in [6.07, 6.45) is 0. The molecule has 0 aliphatic rings. The minimum Gasteiger partial charge on any atom is -0.462 e. The zero-order chi connectivity index (χ0) is 18.2. The second-order valence-electron chi connectivity index (χ2n) is 5.94. The molecule has 0 aliphatic carbocycles. The maximum Gasteiger partial charge on any atom is 0.340 e. The maximum absolute atomic E-state index is 12.1. The SMILES string of the molecule is CCOC(=O)c1ccccc1NCC(=O)Nc1ccc(C(C)C)cc1. The monoisotopic (exact) mass is 340 g/mol. The lowest BCUT2D eigenvalue weighted by molar-refractivity contribution is -0.114. The van der Waals surface area contributed by atoms with Crippen LogP contribution in [-0.2, 0) is 9.53 Å². The van der Waals surface area contributed by atoms with Gasteiger partial charge in [0.05, 0.1) is 18.7 Å². The maximum atomic E-state index is 12.1. The third-order valence-electron chi connectivity index (χ3n) is 3.72. The summed E-state index contributed by atoms with van der Waals surface area (Å²) in [5, 5.41) is 5.82. The summed E-state index contributed by atoms with van der Waals surface area (Å²) in [5.74, 6) is -0.142. The van der Waals surface area contributed by atoms with Crippen LogP contribution in [0.25, 0.3) is 0 Å². The molecule has 0 fully saturated rings. The standard InChI is InChI=1S/C20H24N2O3/c1-4-25-20(24)17-7-5-6-8-18(17)21-13-19(23)22-16-11-9-15(10-12-16)14(2)3/h5-12,14,21H,4,13H2,1-3H3,(H,22,23). The topological polar surface area (TPSA) is 67.4 Å². The molecule has 132 valence electrons. The van der Waals surface area contributed by atoms with E-state index in [1.54, 1.807) is 31.2 Å². The Bertz CT molecular complexity index is 724. The summed E-state index contributed by atoms with van der Waals surface area (Å²) in [7, 11) is 0. The third kappa shape index (κ3) is 5.35. The molecule has 0 aromatic heterocycles. The minimum absolute atomic E-state index is 0.0579. The first-order chi connectivity index (χ1) is 12.0. The van der Waals surface area contributed by atoms with Crippen LogP contribution in [0, 0.1) is 0 Å². The van der Waals surface area contributed by atoms with Gasteiger partial charge < -0.3 is 15.4 Å². The fraction of sp³-hybridized carbons (Fsp3) is 0.300. The van der Waals surface area contributed by atoms with E-state index in [0.717, 1.165) is 5.69 Å². The van der Waals surface area contributed by atoms with Crippen LogP contribution in [0.5, 0.6) is 0 Å². The molecular formula is C20H24N2O3. The first-order valence-corrected chi connectivity index (χ1v) is 8.41. The Labute approximate surface area is 148 Å². The number of amides is 1. The van der Waals surface area contributed by atoms with Gasteiger partial charge in [-0.2, -0.15) is 0 Å². The van der Waals surface area contributed by atoms with Gasteiger partial charge in [0.2, 0.25) is 5.91 Å². The van der Waals surface area contributed by atoms with E-state index in [0.29, 0.717) is 23.8 Å². The number of para-hydroxylation sites is 1. The average Bonchev–Trinajstić information content (AvgIpc) is 2.61. The van der Waals surface area contributed by atoms with Crippen LogP contribution in [0.15, 0.2) is 48.5 Å². The fourth-order valence-electron chi connectivity index (χ4n) is 2.36. The van der Waals surface area contributed by atoms with Crippen LogP contribution in [0.4, 0.5) is 11.4 Å². The summed E-state index contributed by atoms with van der Waals surface area (Å²) >= 11 is 0. The predicted molar refractivity (Wildman–Crippen MR) is 100 cm³/mol. The van der Waals surface area contributed by atoms with Crippen molar-refractivity contribution >= 4 is 23.3 Å². The molecule has 0 aliphatic heterocycles. The Hall–Kier alpha value is -2.82. The summed E-state index contributed by atoms with van der Waals surface area (Å²) in [6.45, 7) is 6.37. The molecule has 2 aromatic rings. The lowest BCUT2D eigenvalue weighted by Crippen LogP contribution is -2.22. The van der Waals surface area contributed by atoms with Gasteiger partial charge in [-0.15, -0.1) is 0 Å². The zero-order valence-electron chi connectivity index (χ0n) is 14.8. The van der Waals surface area contributed by atoms with Gasteiger partial charge >= 0.3 is 5.97 Å². The first-order valence-electron chi connectivity index (χ1n) is 8.41. The van der Waals surface area contributed by atoms with Gasteiger partial charge in [-0.1, -0.05) is 38.1 Å². The Morgan fingerprint density at radius 3 is 2.36 bits per heavy atom. The second-order valence-corrected chi connectivity index (χ2v) is 5.94. The number of carbonyl (C=O) groups is 2. The van der Waals surface area contributed by atoms with E-state index < -0.39 is 5.97 Å². The van der Waals surface area contributed by atoms with Gasteiger partial charge in [0, 0.05) is 11.4 Å². The molecule has 0 bridgehead atoms. The van der Waals surface area contributed by atoms with Crippen molar-refractivity contribution in [3.8, 4) is 0 Å². The number of rotatable bonds is 7. The van der Waals surface area contributed by atoms with Crippen molar-refractivity contribution in [3.05, 3.63) is 59.7 Å². The lowest BCUT2D eigenvalue weighted by Gasteiger charge is -2.12. The van der Waals surface area contributed by atoms with Crippen LogP contribution in [0.3, 0.4) is 0 Å². The number of anilines is 2. The molecule has 1 amide bonds. The molecule has 5 nitrogen and oxygen atoms in total. The predicted octanol–water partition coefficient (Wildman–Crippen LogP) is 4.04. The molecule has 0 spiro atoms. The highest BCUT2D eigenvalue weighted by molar-refractivity contribution is 5.98. The summed E-state index contributed by atoms with van der Waals surface area (Å²) in [5.41, 5.74) is 2.96. The molecule has 0 atom stereocenters. The molecule has 0 unspecified atom stereocenters. The van der Waals surface area contributed by atoms with Gasteiger partial charge in [0.15, 0.2) is 0 Å². The normalized spacial score (nSPS) is 10.4. The van der Waals surface area contributed by atoms with E-state index in [9.17, 15) is 9.59 Å². The van der Waals surface area contributed by atoms with Crippen LogP contribution in [-0.4, -0.2) is 25.0 Å². The van der Waals surface area contributed by atoms with Gasteiger partial charge in [-0.05, 0) is 42.7 Å². The van der Waals surface area contributed by atoms with Crippen molar-refractivity contribution in [2.75, 3.05) is 23.8 Å². The van der Waals surface area contributed by atoms with Crippen molar-refractivity contribution in [1.82, 2.24) is 0 Å². The molecule has 0 saturated heterocycles. The van der Waals surface area contributed by atoms with Gasteiger partial charge in [-0.3, -0.25) is 4.79 Å². The van der Waals surface area contributed by atoms with E-state index in [1.165, 1.54) is 5.56 Å². The largest absolute Gasteiger partial charge is 0.462 e. The highest BCUT2D eigenvalue weighted by Crippen LogP contribution is 2.18. The molecule has 2 N–H and O–H groups in total. The summed E-state index contributed by atoms with van der Waals surface area (Å²) in [4.78, 5) is 24.0. The van der Waals surface area contributed by atoms with Crippen LogP contribution in [0.1, 0.15) is 42.6 Å². The number of hydrogen-bond acceptors (Lipinski definition) is 4. The average molecular weight is 340 g/mol. The van der Waals surface area contributed by atoms with Crippen molar-refractivity contribution in [3.63, 3.8) is 0 Å². The Kier molecular flexibility index (Phi) is 6.57. The quantitative estimate of drug-likeness (QED) is 0.747. The van der Waals surface area contributed by atoms with Crippen LogP contribution < -0.4 is 10.6 Å². The third-order valence-corrected chi connectivity index (χ3v) is 3.72. The van der Waals surface area contributed by atoms with E-state index in [1.807, 2.05) is 24.3 Å². The smallest absolute Gasteiger partial charge is 0.340 e. The Balaban J connectivity index is 1.95. The fourth-order valence-corrected chi connectivity index (χ4v) is 2.36. The highest BCUT2D eigenvalue weighted by Gasteiger charge is 2.12. The van der Waals surface area contributed by atoms with E-state index >= 15 is 0 Å². The van der Waals surface area contributed by atoms with Crippen molar-refractivity contribution in [1.29, 1.82) is 0 Å². The number of ether oxygens (including phenoxy) is 1. The molecule has 25 heavy (non-hydrogen) atoms. The van der Waals surface area contributed by atoms with E-state index in [2.05, 4.69) is 24.5 Å². The number of hydrogen-bond donors (Lipinski definition) is 2.